The molecule has 0 spiro atoms. The summed E-state index contributed by atoms with van der Waals surface area (Å²) in [5, 5.41) is 0.126. The van der Waals surface area contributed by atoms with E-state index in [1.807, 2.05) is 0 Å². The van der Waals surface area contributed by atoms with Gasteiger partial charge in [-0.1, -0.05) is 78.0 Å². The van der Waals surface area contributed by atoms with Crippen molar-refractivity contribution in [3.05, 3.63) is 0 Å². The molecule has 0 aromatic rings. The van der Waals surface area contributed by atoms with Crippen LogP contribution >= 0.6 is 0 Å². The largest absolute Gasteiger partial charge is 0.0754 e. The molecule has 0 aromatic heterocycles. The highest BCUT2D eigenvalue weighted by atomic mass is 14.6. The van der Waals surface area contributed by atoms with Crippen LogP contribution in [-0.4, -0.2) is 7.85 Å². The summed E-state index contributed by atoms with van der Waals surface area (Å²) < 4.78 is 0. The van der Waals surface area contributed by atoms with E-state index in [2.05, 4.69) is 27.7 Å². The fourth-order valence-corrected chi connectivity index (χ4v) is 4.98. The summed E-state index contributed by atoms with van der Waals surface area (Å²) in [6, 6.07) is 0. The minimum Gasteiger partial charge on any atom is -0.0622 e. The molecule has 0 saturated heterocycles. The molecule has 2 fully saturated rings. The Labute approximate surface area is 116 Å². The lowest BCUT2D eigenvalue weighted by Gasteiger charge is -2.61. The Bertz CT molecular complexity index is 271. The Hall–Kier alpha value is 0.0649. The molecule has 0 bridgehead atoms. The van der Waals surface area contributed by atoms with Crippen molar-refractivity contribution >= 4 is 7.85 Å². The van der Waals surface area contributed by atoms with E-state index < -0.39 is 0 Å². The van der Waals surface area contributed by atoms with Crippen molar-refractivity contribution in [2.24, 2.45) is 16.7 Å². The second-order valence-corrected chi connectivity index (χ2v) is 7.88. The molecule has 0 heterocycles. The van der Waals surface area contributed by atoms with Gasteiger partial charge in [-0.2, -0.15) is 0 Å². The Kier molecular flexibility index (Phi) is 3.92. The van der Waals surface area contributed by atoms with Gasteiger partial charge in [0.2, 0.25) is 0 Å². The zero-order valence-electron chi connectivity index (χ0n) is 13.0. The highest BCUT2D eigenvalue weighted by Crippen LogP contribution is 2.69. The fourth-order valence-electron chi connectivity index (χ4n) is 4.98. The SMILES string of the molecule is [B]C1(C2(C(C)(C)C(C)C)CCCCC2)CCCC1. The van der Waals surface area contributed by atoms with Crippen LogP contribution in [0.3, 0.4) is 0 Å². The molecule has 2 aliphatic rings. The van der Waals surface area contributed by atoms with Crippen LogP contribution in [0, 0.1) is 16.7 Å². The Morgan fingerprint density at radius 3 is 1.72 bits per heavy atom. The monoisotopic (exact) mass is 246 g/mol. The first-order valence-corrected chi connectivity index (χ1v) is 8.15. The van der Waals surface area contributed by atoms with E-state index in [4.69, 9.17) is 7.85 Å². The van der Waals surface area contributed by atoms with Gasteiger partial charge in [0.15, 0.2) is 0 Å². The van der Waals surface area contributed by atoms with Gasteiger partial charge in [0.25, 0.3) is 0 Å². The topological polar surface area (TPSA) is 0 Å². The molecule has 18 heavy (non-hydrogen) atoms. The second-order valence-electron chi connectivity index (χ2n) is 7.88. The van der Waals surface area contributed by atoms with Gasteiger partial charge in [-0.3, -0.25) is 0 Å². The summed E-state index contributed by atoms with van der Waals surface area (Å²) in [7, 11) is 6.99. The predicted molar refractivity (Wildman–Crippen MR) is 81.1 cm³/mol. The highest BCUT2D eigenvalue weighted by molar-refractivity contribution is 6.16. The number of hydrogen-bond acceptors (Lipinski definition) is 0. The van der Waals surface area contributed by atoms with Crippen LogP contribution < -0.4 is 0 Å². The third-order valence-corrected chi connectivity index (χ3v) is 6.83. The van der Waals surface area contributed by atoms with Gasteiger partial charge in [-0.05, 0) is 29.6 Å². The smallest absolute Gasteiger partial charge is 0.0622 e. The molecule has 2 rings (SSSR count). The molecule has 0 atom stereocenters. The van der Waals surface area contributed by atoms with E-state index in [9.17, 15) is 0 Å². The lowest BCUT2D eigenvalue weighted by Crippen LogP contribution is -2.50. The van der Waals surface area contributed by atoms with Crippen LogP contribution in [0.15, 0.2) is 0 Å². The van der Waals surface area contributed by atoms with Gasteiger partial charge in [0.05, 0.1) is 7.85 Å². The molecule has 0 unspecified atom stereocenters. The lowest BCUT2D eigenvalue weighted by atomic mass is 9.38. The Morgan fingerprint density at radius 2 is 1.28 bits per heavy atom. The quantitative estimate of drug-likeness (QED) is 0.575. The normalized spacial score (nSPS) is 27.6. The minimum atomic E-state index is 0.126. The van der Waals surface area contributed by atoms with Crippen LogP contribution in [0.1, 0.15) is 85.5 Å². The maximum atomic E-state index is 6.99. The zero-order valence-corrected chi connectivity index (χ0v) is 13.0. The first-order valence-electron chi connectivity index (χ1n) is 8.15. The fraction of sp³-hybridized carbons (Fsp3) is 1.00. The summed E-state index contributed by atoms with van der Waals surface area (Å²) in [6.45, 7) is 9.79. The van der Waals surface area contributed by atoms with E-state index >= 15 is 0 Å². The van der Waals surface area contributed by atoms with Crippen LogP contribution in [0.2, 0.25) is 5.31 Å². The molecule has 2 radical (unpaired) electrons. The Balaban J connectivity index is 2.40. The van der Waals surface area contributed by atoms with Gasteiger partial charge in [-0.15, -0.1) is 0 Å². The summed E-state index contributed by atoms with van der Waals surface area (Å²) in [6.07, 6.45) is 12.2. The van der Waals surface area contributed by atoms with Crippen LogP contribution in [0.5, 0.6) is 0 Å². The molecule has 0 aliphatic heterocycles. The van der Waals surface area contributed by atoms with Crippen molar-refractivity contribution in [3.63, 3.8) is 0 Å². The standard InChI is InChI=1S/C17H31B/c1-14(2)15(3,4)16(10-6-5-7-11-16)17(18)12-8-9-13-17/h14H,5-13H2,1-4H3. The number of rotatable bonds is 3. The van der Waals surface area contributed by atoms with Crippen molar-refractivity contribution in [1.82, 2.24) is 0 Å². The third kappa shape index (κ3) is 1.97. The van der Waals surface area contributed by atoms with Crippen molar-refractivity contribution in [2.75, 3.05) is 0 Å². The van der Waals surface area contributed by atoms with Crippen LogP contribution in [-0.2, 0) is 0 Å². The summed E-state index contributed by atoms with van der Waals surface area (Å²) in [5.41, 5.74) is 0.759. The molecule has 102 valence electrons. The van der Waals surface area contributed by atoms with Crippen molar-refractivity contribution in [1.29, 1.82) is 0 Å². The molecule has 0 nitrogen and oxygen atoms in total. The molecule has 0 aromatic carbocycles. The summed E-state index contributed by atoms with van der Waals surface area (Å²) >= 11 is 0. The van der Waals surface area contributed by atoms with Gasteiger partial charge >= 0.3 is 0 Å². The average molecular weight is 246 g/mol. The number of hydrogen-bond donors (Lipinski definition) is 0. The first kappa shape index (κ1) is 14.5. The van der Waals surface area contributed by atoms with Gasteiger partial charge in [-0.25, -0.2) is 0 Å². The molecular formula is C17H31B. The summed E-state index contributed by atoms with van der Waals surface area (Å²) in [5.74, 6) is 0.719. The predicted octanol–water partition coefficient (Wildman–Crippen LogP) is 5.52. The minimum absolute atomic E-state index is 0.126. The second kappa shape index (κ2) is 4.87. The maximum absolute atomic E-state index is 6.99. The molecule has 0 N–H and O–H groups in total. The summed E-state index contributed by atoms with van der Waals surface area (Å²) in [4.78, 5) is 0. The first-order chi connectivity index (χ1) is 8.36. The van der Waals surface area contributed by atoms with Crippen LogP contribution in [0.4, 0.5) is 0 Å². The van der Waals surface area contributed by atoms with E-state index in [0.717, 1.165) is 5.92 Å². The lowest BCUT2D eigenvalue weighted by molar-refractivity contribution is -0.0525. The van der Waals surface area contributed by atoms with Gasteiger partial charge in [0.1, 0.15) is 0 Å². The Morgan fingerprint density at radius 1 is 0.833 bits per heavy atom. The zero-order chi connectivity index (χ0) is 13.4. The van der Waals surface area contributed by atoms with E-state index in [1.165, 1.54) is 57.8 Å². The van der Waals surface area contributed by atoms with Gasteiger partial charge in [0, 0.05) is 0 Å². The molecular weight excluding hydrogens is 215 g/mol. The van der Waals surface area contributed by atoms with E-state index in [-0.39, 0.29) is 5.31 Å². The van der Waals surface area contributed by atoms with E-state index in [0.29, 0.717) is 10.8 Å². The average Bonchev–Trinajstić information content (AvgIpc) is 2.78. The third-order valence-electron chi connectivity index (χ3n) is 6.83. The molecule has 2 aliphatic carbocycles. The van der Waals surface area contributed by atoms with E-state index in [1.54, 1.807) is 0 Å². The van der Waals surface area contributed by atoms with Gasteiger partial charge < -0.3 is 0 Å². The van der Waals surface area contributed by atoms with Crippen molar-refractivity contribution < 1.29 is 0 Å². The molecule has 2 saturated carbocycles. The van der Waals surface area contributed by atoms with Crippen molar-refractivity contribution in [3.8, 4) is 0 Å². The van der Waals surface area contributed by atoms with Crippen LogP contribution in [0.25, 0.3) is 0 Å². The van der Waals surface area contributed by atoms with Crippen molar-refractivity contribution in [2.45, 2.75) is 90.8 Å². The molecule has 1 heteroatoms. The maximum Gasteiger partial charge on any atom is 0.0754 e. The molecule has 0 amide bonds. The highest BCUT2D eigenvalue weighted by Gasteiger charge is 2.57.